The summed E-state index contributed by atoms with van der Waals surface area (Å²) < 4.78 is 21.2. The van der Waals surface area contributed by atoms with Crippen LogP contribution < -0.4 is 0 Å². The Morgan fingerprint density at radius 2 is 2.35 bits per heavy atom. The van der Waals surface area contributed by atoms with Gasteiger partial charge in [-0.1, -0.05) is 11.6 Å². The molecular weight excluding hydrogens is 283 g/mol. The van der Waals surface area contributed by atoms with Gasteiger partial charge in [-0.3, -0.25) is 4.79 Å². The summed E-state index contributed by atoms with van der Waals surface area (Å²) in [6.07, 6.45) is 4.24. The number of benzene rings is 1. The number of hydrogen-bond donors (Lipinski definition) is 0. The first-order chi connectivity index (χ1) is 9.59. The molecule has 1 saturated heterocycles. The lowest BCUT2D eigenvalue weighted by Crippen LogP contribution is -2.19. The summed E-state index contributed by atoms with van der Waals surface area (Å²) >= 11 is 5.90. The quantitative estimate of drug-likeness (QED) is 0.793. The molecule has 0 radical (unpaired) electrons. The van der Waals surface area contributed by atoms with E-state index in [4.69, 9.17) is 16.3 Å². The molecule has 0 aliphatic carbocycles. The van der Waals surface area contributed by atoms with E-state index < -0.39 is 5.82 Å². The van der Waals surface area contributed by atoms with E-state index in [2.05, 4.69) is 5.10 Å². The van der Waals surface area contributed by atoms with E-state index in [1.807, 2.05) is 0 Å². The molecular formula is C14H14ClFN2O2. The lowest BCUT2D eigenvalue weighted by atomic mass is 10.1. The number of carbonyl (C=O) groups is 1. The fraction of sp³-hybridized carbons (Fsp3) is 0.429. The summed E-state index contributed by atoms with van der Waals surface area (Å²) in [7, 11) is 0. The highest BCUT2D eigenvalue weighted by atomic mass is 35.5. The first kappa shape index (κ1) is 13.5. The van der Waals surface area contributed by atoms with Crippen LogP contribution in [-0.2, 0) is 4.74 Å². The van der Waals surface area contributed by atoms with Crippen molar-refractivity contribution in [2.24, 2.45) is 0 Å². The Morgan fingerprint density at radius 3 is 3.00 bits per heavy atom. The van der Waals surface area contributed by atoms with Gasteiger partial charge >= 0.3 is 0 Å². The minimum Gasteiger partial charge on any atom is -0.356 e. The van der Waals surface area contributed by atoms with Gasteiger partial charge in [-0.25, -0.2) is 9.07 Å². The minimum absolute atomic E-state index is 0.144. The third kappa shape index (κ3) is 2.11. The molecule has 1 unspecified atom stereocenters. The fourth-order valence-corrected chi connectivity index (χ4v) is 2.91. The molecule has 1 aromatic heterocycles. The number of rotatable bonds is 2. The summed E-state index contributed by atoms with van der Waals surface area (Å²) in [5.74, 6) is -0.884. The van der Waals surface area contributed by atoms with Gasteiger partial charge in [0.25, 0.3) is 0 Å². The van der Waals surface area contributed by atoms with Gasteiger partial charge in [0, 0.05) is 23.6 Å². The van der Waals surface area contributed by atoms with Gasteiger partial charge < -0.3 is 4.74 Å². The Bertz CT molecular complexity index is 677. The van der Waals surface area contributed by atoms with Crippen molar-refractivity contribution in [1.82, 2.24) is 9.78 Å². The van der Waals surface area contributed by atoms with Crippen LogP contribution in [0.1, 0.15) is 42.8 Å². The molecule has 4 nitrogen and oxygen atoms in total. The Morgan fingerprint density at radius 1 is 1.55 bits per heavy atom. The molecule has 0 saturated carbocycles. The van der Waals surface area contributed by atoms with Gasteiger partial charge in [-0.2, -0.15) is 5.10 Å². The summed E-state index contributed by atoms with van der Waals surface area (Å²) in [5, 5.41) is 4.68. The molecule has 0 N–H and O–H groups in total. The second-order valence-electron chi connectivity index (χ2n) is 4.95. The van der Waals surface area contributed by atoms with E-state index in [-0.39, 0.29) is 22.6 Å². The maximum atomic E-state index is 13.9. The van der Waals surface area contributed by atoms with Crippen molar-refractivity contribution < 1.29 is 13.9 Å². The molecule has 2 aromatic rings. The number of ether oxygens (including phenoxy) is 1. The van der Waals surface area contributed by atoms with Crippen molar-refractivity contribution in [1.29, 1.82) is 0 Å². The molecule has 0 spiro atoms. The number of carbonyl (C=O) groups excluding carboxylic acids is 1. The maximum absolute atomic E-state index is 13.9. The van der Waals surface area contributed by atoms with Crippen LogP contribution in [-0.4, -0.2) is 22.2 Å². The number of nitrogens with zero attached hydrogens (tertiary/aromatic N) is 2. The van der Waals surface area contributed by atoms with E-state index in [0.717, 1.165) is 19.3 Å². The van der Waals surface area contributed by atoms with Crippen LogP contribution in [0.2, 0.25) is 5.02 Å². The third-order valence-corrected chi connectivity index (χ3v) is 3.95. The van der Waals surface area contributed by atoms with Gasteiger partial charge in [-0.15, -0.1) is 0 Å². The van der Waals surface area contributed by atoms with Gasteiger partial charge in [-0.05, 0) is 26.2 Å². The van der Waals surface area contributed by atoms with E-state index in [1.165, 1.54) is 13.0 Å². The van der Waals surface area contributed by atoms with Crippen LogP contribution in [0.3, 0.4) is 0 Å². The third-order valence-electron chi connectivity index (χ3n) is 3.58. The zero-order valence-corrected chi connectivity index (χ0v) is 11.8. The average molecular weight is 297 g/mol. The monoisotopic (exact) mass is 296 g/mol. The van der Waals surface area contributed by atoms with E-state index in [9.17, 15) is 9.18 Å². The molecule has 1 aromatic carbocycles. The molecule has 1 aliphatic heterocycles. The van der Waals surface area contributed by atoms with Gasteiger partial charge in [0.1, 0.15) is 5.82 Å². The summed E-state index contributed by atoms with van der Waals surface area (Å²) in [4.78, 5) is 11.7. The zero-order chi connectivity index (χ0) is 14.3. The Balaban J connectivity index is 2.19. The summed E-state index contributed by atoms with van der Waals surface area (Å²) in [6.45, 7) is 2.04. The first-order valence-corrected chi connectivity index (χ1v) is 6.95. The largest absolute Gasteiger partial charge is 0.356 e. The van der Waals surface area contributed by atoms with E-state index in [1.54, 1.807) is 10.9 Å². The normalized spacial score (nSPS) is 19.4. The molecule has 6 heteroatoms. The Labute approximate surface area is 120 Å². The highest BCUT2D eigenvalue weighted by Crippen LogP contribution is 2.32. The molecule has 3 rings (SSSR count). The summed E-state index contributed by atoms with van der Waals surface area (Å²) in [6, 6.07) is 1.31. The molecule has 106 valence electrons. The maximum Gasteiger partial charge on any atom is 0.162 e. The fourth-order valence-electron chi connectivity index (χ4n) is 2.62. The number of halogens is 2. The lowest BCUT2D eigenvalue weighted by Gasteiger charge is -2.23. The van der Waals surface area contributed by atoms with Crippen LogP contribution >= 0.6 is 11.6 Å². The van der Waals surface area contributed by atoms with Crippen LogP contribution in [0.15, 0.2) is 12.3 Å². The van der Waals surface area contributed by atoms with Gasteiger partial charge in [0.05, 0.1) is 16.7 Å². The van der Waals surface area contributed by atoms with E-state index in [0.29, 0.717) is 17.5 Å². The number of Topliss-reactive ketones (excluding diaryl/α,β-unsaturated/α-hetero) is 1. The zero-order valence-electron chi connectivity index (χ0n) is 11.0. The smallest absolute Gasteiger partial charge is 0.162 e. The minimum atomic E-state index is -0.609. The molecule has 0 amide bonds. The van der Waals surface area contributed by atoms with Crippen molar-refractivity contribution in [3.63, 3.8) is 0 Å². The Kier molecular flexibility index (Phi) is 3.48. The predicted molar refractivity (Wildman–Crippen MR) is 73.5 cm³/mol. The number of ketones is 1. The molecule has 20 heavy (non-hydrogen) atoms. The van der Waals surface area contributed by atoms with Crippen LogP contribution in [0, 0.1) is 5.82 Å². The van der Waals surface area contributed by atoms with Crippen molar-refractivity contribution >= 4 is 28.3 Å². The van der Waals surface area contributed by atoms with Crippen LogP contribution in [0.5, 0.6) is 0 Å². The molecule has 1 fully saturated rings. The average Bonchev–Trinajstić information content (AvgIpc) is 2.83. The summed E-state index contributed by atoms with van der Waals surface area (Å²) in [5.41, 5.74) is 0.729. The van der Waals surface area contributed by atoms with Gasteiger partial charge in [0.15, 0.2) is 12.0 Å². The number of aromatic nitrogens is 2. The molecule has 2 heterocycles. The van der Waals surface area contributed by atoms with E-state index >= 15 is 0 Å². The van der Waals surface area contributed by atoms with Crippen molar-refractivity contribution in [3.05, 3.63) is 28.7 Å². The Hall–Kier alpha value is -1.46. The standard InChI is InChI=1S/C14H14ClFN2O2/c1-8(19)13-9-7-17-18(12-4-2-3-5-20-12)11(9)6-10(16)14(13)15/h6-7,12H,2-5H2,1H3. The van der Waals surface area contributed by atoms with Crippen LogP contribution in [0.25, 0.3) is 10.9 Å². The number of fused-ring (bicyclic) bond motifs is 1. The lowest BCUT2D eigenvalue weighted by molar-refractivity contribution is -0.0366. The number of hydrogen-bond acceptors (Lipinski definition) is 3. The first-order valence-electron chi connectivity index (χ1n) is 6.57. The second-order valence-corrected chi connectivity index (χ2v) is 5.32. The second kappa shape index (κ2) is 5.14. The SMILES string of the molecule is CC(=O)c1c(Cl)c(F)cc2c1cnn2C1CCCCO1. The molecule has 0 bridgehead atoms. The van der Waals surface area contributed by atoms with Crippen molar-refractivity contribution in [2.45, 2.75) is 32.4 Å². The van der Waals surface area contributed by atoms with Crippen molar-refractivity contribution in [3.8, 4) is 0 Å². The highest BCUT2D eigenvalue weighted by Gasteiger charge is 2.23. The van der Waals surface area contributed by atoms with Gasteiger partial charge in [0.2, 0.25) is 0 Å². The molecule has 1 aliphatic rings. The molecule has 1 atom stereocenters. The highest BCUT2D eigenvalue weighted by molar-refractivity contribution is 6.35. The van der Waals surface area contributed by atoms with Crippen molar-refractivity contribution in [2.75, 3.05) is 6.61 Å². The topological polar surface area (TPSA) is 44.1 Å². The predicted octanol–water partition coefficient (Wildman–Crippen LogP) is 3.73. The van der Waals surface area contributed by atoms with Crippen LogP contribution in [0.4, 0.5) is 4.39 Å².